The molecule has 18 heavy (non-hydrogen) atoms. The molecule has 3 rings (SSSR count). The number of hydrogen-bond donors (Lipinski definition) is 2. The molecule has 2 N–H and O–H groups in total. The maximum absolute atomic E-state index is 11.4. The van der Waals surface area contributed by atoms with Gasteiger partial charge in [-0.05, 0) is 18.1 Å². The van der Waals surface area contributed by atoms with E-state index in [0.29, 0.717) is 0 Å². The van der Waals surface area contributed by atoms with Crippen molar-refractivity contribution in [3.8, 4) is 0 Å². The quantitative estimate of drug-likeness (QED) is 0.859. The Balaban J connectivity index is 1.88. The molecule has 1 aliphatic rings. The normalized spacial score (nSPS) is 19.6. The molecule has 0 spiro atoms. The van der Waals surface area contributed by atoms with Crippen LogP contribution in [0.1, 0.15) is 5.56 Å². The van der Waals surface area contributed by atoms with Crippen molar-refractivity contribution in [2.75, 3.05) is 13.6 Å². The number of amides is 2. The molecule has 1 aliphatic heterocycles. The van der Waals surface area contributed by atoms with E-state index in [1.807, 2.05) is 24.4 Å². The van der Waals surface area contributed by atoms with Crippen LogP contribution in [-0.2, 0) is 6.42 Å². The van der Waals surface area contributed by atoms with Gasteiger partial charge in [0.25, 0.3) is 0 Å². The van der Waals surface area contributed by atoms with Crippen molar-refractivity contribution in [2.45, 2.75) is 12.5 Å². The van der Waals surface area contributed by atoms with Gasteiger partial charge >= 0.3 is 6.03 Å². The van der Waals surface area contributed by atoms with E-state index in [1.54, 1.807) is 11.9 Å². The zero-order valence-electron chi connectivity index (χ0n) is 10.0. The van der Waals surface area contributed by atoms with E-state index in [9.17, 15) is 4.79 Å². The number of hydrogen-bond acceptors (Lipinski definition) is 1. The van der Waals surface area contributed by atoms with Crippen molar-refractivity contribution in [3.05, 3.63) is 35.0 Å². The van der Waals surface area contributed by atoms with Crippen LogP contribution < -0.4 is 5.32 Å². The standard InChI is InChI=1S/C13H14ClN3O/c1-17-7-9(16-13(17)18)5-8-6-15-12-10(8)3-2-4-11(12)14/h2-4,6,9,15H,5,7H2,1H3,(H,16,18). The van der Waals surface area contributed by atoms with Crippen molar-refractivity contribution in [1.82, 2.24) is 15.2 Å². The van der Waals surface area contributed by atoms with Gasteiger partial charge in [0.05, 0.1) is 16.6 Å². The lowest BCUT2D eigenvalue weighted by Gasteiger charge is -2.08. The fourth-order valence-corrected chi connectivity index (χ4v) is 2.70. The van der Waals surface area contributed by atoms with E-state index in [0.717, 1.165) is 28.9 Å². The molecule has 4 nitrogen and oxygen atoms in total. The highest BCUT2D eigenvalue weighted by atomic mass is 35.5. The zero-order chi connectivity index (χ0) is 12.7. The second-order valence-corrected chi connectivity index (χ2v) is 5.11. The molecule has 2 aromatic rings. The molecule has 0 aliphatic carbocycles. The van der Waals surface area contributed by atoms with Crippen molar-refractivity contribution in [1.29, 1.82) is 0 Å². The number of aromatic amines is 1. The number of nitrogens with one attached hydrogen (secondary N) is 2. The molecule has 2 heterocycles. The van der Waals surface area contributed by atoms with Crippen LogP contribution in [0.15, 0.2) is 24.4 Å². The molecule has 5 heteroatoms. The Labute approximate surface area is 110 Å². The van der Waals surface area contributed by atoms with Gasteiger partial charge in [-0.2, -0.15) is 0 Å². The lowest BCUT2D eigenvalue weighted by molar-refractivity contribution is 0.226. The first kappa shape index (κ1) is 11.4. The predicted octanol–water partition coefficient (Wildman–Crippen LogP) is 2.39. The van der Waals surface area contributed by atoms with Crippen molar-refractivity contribution < 1.29 is 4.79 Å². The van der Waals surface area contributed by atoms with Crippen LogP contribution in [0.2, 0.25) is 5.02 Å². The second kappa shape index (κ2) is 4.21. The summed E-state index contributed by atoms with van der Waals surface area (Å²) in [6.45, 7) is 0.742. The number of rotatable bonds is 2. The number of likely N-dealkylation sites (N-methyl/N-ethyl adjacent to an activating group) is 1. The van der Waals surface area contributed by atoms with Crippen molar-refractivity contribution in [2.24, 2.45) is 0 Å². The number of carbonyl (C=O) groups excluding carboxylic acids is 1. The molecule has 2 amide bonds. The van der Waals surface area contributed by atoms with Crippen molar-refractivity contribution in [3.63, 3.8) is 0 Å². The van der Waals surface area contributed by atoms with E-state index in [1.165, 1.54) is 5.56 Å². The first-order chi connectivity index (χ1) is 8.65. The number of urea groups is 1. The molecule has 1 aromatic carbocycles. The van der Waals surface area contributed by atoms with Gasteiger partial charge in [-0.15, -0.1) is 0 Å². The molecule has 0 bridgehead atoms. The molecule has 1 aromatic heterocycles. The number of fused-ring (bicyclic) bond motifs is 1. The molecule has 1 unspecified atom stereocenters. The van der Waals surface area contributed by atoms with Crippen LogP contribution in [0, 0.1) is 0 Å². The summed E-state index contributed by atoms with van der Waals surface area (Å²) >= 11 is 6.12. The van der Waals surface area contributed by atoms with E-state index in [2.05, 4.69) is 10.3 Å². The molecular weight excluding hydrogens is 250 g/mol. The molecule has 1 fully saturated rings. The molecule has 1 atom stereocenters. The van der Waals surface area contributed by atoms with Crippen LogP contribution in [0.4, 0.5) is 4.79 Å². The molecule has 0 radical (unpaired) electrons. The third-order valence-electron chi connectivity index (χ3n) is 3.39. The topological polar surface area (TPSA) is 48.1 Å². The Morgan fingerprint density at radius 3 is 3.06 bits per heavy atom. The summed E-state index contributed by atoms with van der Waals surface area (Å²) in [6, 6.07) is 6.03. The Hall–Kier alpha value is -1.68. The Bertz CT molecular complexity index is 607. The van der Waals surface area contributed by atoms with Gasteiger partial charge in [0.1, 0.15) is 0 Å². The molecular formula is C13H14ClN3O. The largest absolute Gasteiger partial charge is 0.360 e. The highest BCUT2D eigenvalue weighted by molar-refractivity contribution is 6.35. The summed E-state index contributed by atoms with van der Waals surface area (Å²) in [4.78, 5) is 16.3. The van der Waals surface area contributed by atoms with Crippen LogP contribution in [-0.4, -0.2) is 35.5 Å². The lowest BCUT2D eigenvalue weighted by atomic mass is 10.1. The number of benzene rings is 1. The summed E-state index contributed by atoms with van der Waals surface area (Å²) in [7, 11) is 1.81. The highest BCUT2D eigenvalue weighted by Gasteiger charge is 2.26. The van der Waals surface area contributed by atoms with Gasteiger partial charge in [-0.3, -0.25) is 0 Å². The van der Waals surface area contributed by atoms with Gasteiger partial charge in [0, 0.05) is 25.2 Å². The number of carbonyl (C=O) groups is 1. The average molecular weight is 264 g/mol. The minimum absolute atomic E-state index is 0.00197. The van der Waals surface area contributed by atoms with Gasteiger partial charge in [-0.1, -0.05) is 23.7 Å². The van der Waals surface area contributed by atoms with Gasteiger partial charge < -0.3 is 15.2 Å². The van der Waals surface area contributed by atoms with Crippen molar-refractivity contribution >= 4 is 28.5 Å². The number of aromatic nitrogens is 1. The maximum atomic E-state index is 11.4. The third-order valence-corrected chi connectivity index (χ3v) is 3.70. The van der Waals surface area contributed by atoms with Gasteiger partial charge in [0.2, 0.25) is 0 Å². The second-order valence-electron chi connectivity index (χ2n) is 4.71. The zero-order valence-corrected chi connectivity index (χ0v) is 10.8. The lowest BCUT2D eigenvalue weighted by Crippen LogP contribution is -2.28. The molecule has 1 saturated heterocycles. The van der Waals surface area contributed by atoms with Crippen LogP contribution >= 0.6 is 11.6 Å². The van der Waals surface area contributed by atoms with E-state index in [4.69, 9.17) is 11.6 Å². The van der Waals surface area contributed by atoms with Gasteiger partial charge in [0.15, 0.2) is 0 Å². The summed E-state index contributed by atoms with van der Waals surface area (Å²) in [6.07, 6.45) is 2.79. The number of H-pyrrole nitrogens is 1. The molecule has 0 saturated carbocycles. The van der Waals surface area contributed by atoms with E-state index in [-0.39, 0.29) is 12.1 Å². The Morgan fingerprint density at radius 1 is 1.50 bits per heavy atom. The first-order valence-electron chi connectivity index (χ1n) is 5.91. The van der Waals surface area contributed by atoms with Crippen LogP contribution in [0.3, 0.4) is 0 Å². The van der Waals surface area contributed by atoms with Crippen LogP contribution in [0.5, 0.6) is 0 Å². The number of para-hydroxylation sites is 1. The summed E-state index contributed by atoms with van der Waals surface area (Å²) < 4.78 is 0. The minimum Gasteiger partial charge on any atom is -0.360 e. The smallest absolute Gasteiger partial charge is 0.317 e. The number of halogens is 1. The Kier molecular flexibility index (Phi) is 2.67. The average Bonchev–Trinajstić information content (AvgIpc) is 2.86. The minimum atomic E-state index is -0.00197. The third kappa shape index (κ3) is 1.82. The summed E-state index contributed by atoms with van der Waals surface area (Å²) in [5, 5.41) is 4.82. The van der Waals surface area contributed by atoms with Crippen LogP contribution in [0.25, 0.3) is 10.9 Å². The summed E-state index contributed by atoms with van der Waals surface area (Å²) in [5.41, 5.74) is 2.15. The summed E-state index contributed by atoms with van der Waals surface area (Å²) in [5.74, 6) is 0. The van der Waals surface area contributed by atoms with E-state index < -0.39 is 0 Å². The fourth-order valence-electron chi connectivity index (χ4n) is 2.47. The first-order valence-corrected chi connectivity index (χ1v) is 6.29. The molecule has 94 valence electrons. The number of nitrogens with zero attached hydrogens (tertiary/aromatic N) is 1. The highest BCUT2D eigenvalue weighted by Crippen LogP contribution is 2.26. The fraction of sp³-hybridized carbons (Fsp3) is 0.308. The monoisotopic (exact) mass is 263 g/mol. The van der Waals surface area contributed by atoms with E-state index >= 15 is 0 Å². The SMILES string of the molecule is CN1CC(Cc2c[nH]c3c(Cl)cccc23)NC1=O. The predicted molar refractivity (Wildman–Crippen MR) is 72.0 cm³/mol. The Morgan fingerprint density at radius 2 is 2.33 bits per heavy atom. The maximum Gasteiger partial charge on any atom is 0.317 e. The van der Waals surface area contributed by atoms with Gasteiger partial charge in [-0.25, -0.2) is 4.79 Å².